The van der Waals surface area contributed by atoms with Crippen LogP contribution in [0.15, 0.2) is 11.3 Å². The van der Waals surface area contributed by atoms with Crippen molar-refractivity contribution in [2.45, 2.75) is 47.1 Å². The van der Waals surface area contributed by atoms with Crippen molar-refractivity contribution in [1.82, 2.24) is 4.90 Å². The van der Waals surface area contributed by atoms with Gasteiger partial charge in [0.05, 0.1) is 18.8 Å². The van der Waals surface area contributed by atoms with Gasteiger partial charge in [-0.1, -0.05) is 13.8 Å². The molecular formula is C13H25N3O2. The van der Waals surface area contributed by atoms with Crippen LogP contribution < -0.4 is 5.73 Å². The van der Waals surface area contributed by atoms with Crippen LogP contribution in [0.5, 0.6) is 0 Å². The third-order valence-electron chi connectivity index (χ3n) is 2.19. The number of likely N-dealkylation sites (tertiary alicyclic amines) is 1. The summed E-state index contributed by atoms with van der Waals surface area (Å²) < 4.78 is 5.22. The summed E-state index contributed by atoms with van der Waals surface area (Å²) in [5, 5.41) is 7.70. The number of carbonyl (C=O) groups is 1. The number of rotatable bonds is 0. The molecule has 0 radical (unpaired) electrons. The monoisotopic (exact) mass is 255 g/mol. The first kappa shape index (κ1) is 16.5. The van der Waals surface area contributed by atoms with E-state index in [9.17, 15) is 4.79 Å². The molecule has 0 aromatic carbocycles. The number of amides is 1. The van der Waals surface area contributed by atoms with Crippen molar-refractivity contribution >= 4 is 11.8 Å². The Kier molecular flexibility index (Phi) is 5.88. The summed E-state index contributed by atoms with van der Waals surface area (Å²) in [6, 6.07) is 0. The molecule has 1 heterocycles. The molecule has 5 nitrogen and oxygen atoms in total. The summed E-state index contributed by atoms with van der Waals surface area (Å²) >= 11 is 0. The second-order valence-corrected chi connectivity index (χ2v) is 4.98. The molecule has 0 aromatic rings. The molecule has 0 atom stereocenters. The van der Waals surface area contributed by atoms with Crippen LogP contribution in [0, 0.1) is 5.41 Å². The van der Waals surface area contributed by atoms with Gasteiger partial charge in [-0.3, -0.25) is 4.90 Å². The Morgan fingerprint density at radius 3 is 2.17 bits per heavy atom. The minimum atomic E-state index is -0.510. The van der Waals surface area contributed by atoms with Crippen molar-refractivity contribution in [3.63, 3.8) is 0 Å². The lowest BCUT2D eigenvalue weighted by Gasteiger charge is -2.23. The average molecular weight is 255 g/mol. The Bertz CT molecular complexity index is 350. The highest BCUT2D eigenvalue weighted by Crippen LogP contribution is 2.17. The van der Waals surface area contributed by atoms with Gasteiger partial charge in [-0.2, -0.15) is 0 Å². The molecule has 1 aliphatic heterocycles. The van der Waals surface area contributed by atoms with E-state index in [1.54, 1.807) is 6.92 Å². The maximum absolute atomic E-state index is 11.7. The van der Waals surface area contributed by atoms with E-state index < -0.39 is 11.7 Å². The fraction of sp³-hybridized carbons (Fsp3) is 0.692. The Balaban J connectivity index is 0.00000137. The molecule has 1 saturated heterocycles. The molecule has 0 bridgehead atoms. The lowest BCUT2D eigenvalue weighted by Crippen LogP contribution is -2.35. The fourth-order valence-corrected chi connectivity index (χ4v) is 1.45. The lowest BCUT2D eigenvalue weighted by molar-refractivity contribution is 0.0309. The van der Waals surface area contributed by atoms with E-state index in [0.29, 0.717) is 18.0 Å². The summed E-state index contributed by atoms with van der Waals surface area (Å²) in [5.74, 6) is 0. The van der Waals surface area contributed by atoms with Gasteiger partial charge in [0, 0.05) is 11.3 Å². The summed E-state index contributed by atoms with van der Waals surface area (Å²) in [4.78, 5) is 13.2. The standard InChI is InChI=1S/C11H19N3O2.C2H6/c1-7(12)8-5-14(6-9(8)13)10(15)16-11(2,3)4;1-2/h13H,5-6,12H2,1-4H3;1-2H3/b8-7-,13-9?;. The molecule has 0 unspecified atom stereocenters. The van der Waals surface area contributed by atoms with E-state index in [-0.39, 0.29) is 6.54 Å². The van der Waals surface area contributed by atoms with Gasteiger partial charge in [0.1, 0.15) is 5.60 Å². The normalized spacial score (nSPS) is 18.1. The number of nitrogens with zero attached hydrogens (tertiary/aromatic N) is 1. The molecule has 0 aliphatic carbocycles. The second kappa shape index (κ2) is 6.42. The summed E-state index contributed by atoms with van der Waals surface area (Å²) in [7, 11) is 0. The van der Waals surface area contributed by atoms with E-state index in [4.69, 9.17) is 15.9 Å². The largest absolute Gasteiger partial charge is 0.444 e. The number of carbonyl (C=O) groups excluding carboxylic acids is 1. The molecule has 104 valence electrons. The molecule has 1 aliphatic rings. The van der Waals surface area contributed by atoms with Crippen LogP contribution in [0.4, 0.5) is 4.79 Å². The van der Waals surface area contributed by atoms with Gasteiger partial charge in [-0.15, -0.1) is 0 Å². The maximum atomic E-state index is 11.7. The Morgan fingerprint density at radius 1 is 1.33 bits per heavy atom. The van der Waals surface area contributed by atoms with Crippen LogP contribution in [0.3, 0.4) is 0 Å². The minimum Gasteiger partial charge on any atom is -0.444 e. The van der Waals surface area contributed by atoms with Crippen molar-refractivity contribution in [2.75, 3.05) is 13.1 Å². The molecule has 5 heteroatoms. The van der Waals surface area contributed by atoms with E-state index >= 15 is 0 Å². The molecule has 1 fully saturated rings. The topological polar surface area (TPSA) is 79.4 Å². The smallest absolute Gasteiger partial charge is 0.410 e. The first-order chi connectivity index (χ1) is 8.20. The number of nitrogens with two attached hydrogens (primary N) is 1. The van der Waals surface area contributed by atoms with Gasteiger partial charge in [-0.25, -0.2) is 4.79 Å². The molecule has 3 N–H and O–H groups in total. The Morgan fingerprint density at radius 2 is 1.83 bits per heavy atom. The van der Waals surface area contributed by atoms with Crippen molar-refractivity contribution in [3.8, 4) is 0 Å². The molecule has 1 rings (SSSR count). The first-order valence-corrected chi connectivity index (χ1v) is 6.21. The zero-order chi connectivity index (χ0) is 14.5. The van der Waals surface area contributed by atoms with Gasteiger partial charge in [0.2, 0.25) is 0 Å². The van der Waals surface area contributed by atoms with Crippen LogP contribution in [0.25, 0.3) is 0 Å². The molecule has 0 saturated carbocycles. The van der Waals surface area contributed by atoms with E-state index in [1.807, 2.05) is 34.6 Å². The minimum absolute atomic E-state index is 0.277. The first-order valence-electron chi connectivity index (χ1n) is 6.21. The van der Waals surface area contributed by atoms with Crippen LogP contribution in [0.1, 0.15) is 41.5 Å². The molecule has 18 heavy (non-hydrogen) atoms. The number of allylic oxidation sites excluding steroid dienone is 1. The number of ether oxygens (including phenoxy) is 1. The maximum Gasteiger partial charge on any atom is 0.410 e. The highest BCUT2D eigenvalue weighted by atomic mass is 16.6. The molecular weight excluding hydrogens is 230 g/mol. The van der Waals surface area contributed by atoms with E-state index in [0.717, 1.165) is 5.57 Å². The van der Waals surface area contributed by atoms with Crippen LogP contribution >= 0.6 is 0 Å². The number of hydrogen-bond donors (Lipinski definition) is 2. The zero-order valence-corrected chi connectivity index (χ0v) is 12.3. The second-order valence-electron chi connectivity index (χ2n) is 4.98. The molecule has 0 spiro atoms. The van der Waals surface area contributed by atoms with Crippen molar-refractivity contribution in [1.29, 1.82) is 5.41 Å². The molecule has 1 amide bonds. The lowest BCUT2D eigenvalue weighted by atomic mass is 10.2. The predicted molar refractivity (Wildman–Crippen MR) is 73.8 cm³/mol. The summed E-state index contributed by atoms with van der Waals surface area (Å²) in [6.07, 6.45) is -0.395. The SMILES string of the molecule is C/C(N)=C1\CN(C(=O)OC(C)(C)C)CC1=N.CC. The van der Waals surface area contributed by atoms with E-state index in [1.165, 1.54) is 4.90 Å². The highest BCUT2D eigenvalue weighted by Gasteiger charge is 2.30. The Labute approximate surface area is 109 Å². The van der Waals surface area contributed by atoms with Crippen molar-refractivity contribution < 1.29 is 9.53 Å². The third kappa shape index (κ3) is 4.77. The summed E-state index contributed by atoms with van der Waals surface area (Å²) in [6.45, 7) is 11.8. The average Bonchev–Trinajstić information content (AvgIpc) is 2.61. The van der Waals surface area contributed by atoms with Gasteiger partial charge in [0.15, 0.2) is 0 Å². The van der Waals surface area contributed by atoms with Crippen LogP contribution in [-0.4, -0.2) is 35.4 Å². The number of hydrogen-bond acceptors (Lipinski definition) is 4. The number of nitrogens with one attached hydrogen (secondary N) is 1. The van der Waals surface area contributed by atoms with Crippen molar-refractivity contribution in [2.24, 2.45) is 5.73 Å². The predicted octanol–water partition coefficient (Wildman–Crippen LogP) is 2.52. The van der Waals surface area contributed by atoms with E-state index in [2.05, 4.69) is 0 Å². The quantitative estimate of drug-likeness (QED) is 0.698. The van der Waals surface area contributed by atoms with Gasteiger partial charge in [0.25, 0.3) is 0 Å². The third-order valence-corrected chi connectivity index (χ3v) is 2.19. The zero-order valence-electron chi connectivity index (χ0n) is 12.3. The fourth-order valence-electron chi connectivity index (χ4n) is 1.45. The van der Waals surface area contributed by atoms with Gasteiger partial charge < -0.3 is 15.9 Å². The van der Waals surface area contributed by atoms with Gasteiger partial charge in [-0.05, 0) is 27.7 Å². The van der Waals surface area contributed by atoms with Crippen LogP contribution in [-0.2, 0) is 4.74 Å². The van der Waals surface area contributed by atoms with Crippen molar-refractivity contribution in [3.05, 3.63) is 11.3 Å². The molecule has 0 aromatic heterocycles. The van der Waals surface area contributed by atoms with Crippen LogP contribution in [0.2, 0.25) is 0 Å². The highest BCUT2D eigenvalue weighted by molar-refractivity contribution is 6.04. The summed E-state index contributed by atoms with van der Waals surface area (Å²) in [5.41, 5.74) is 6.84. The van der Waals surface area contributed by atoms with Gasteiger partial charge >= 0.3 is 6.09 Å². The Hall–Kier alpha value is -1.52.